The second-order valence-corrected chi connectivity index (χ2v) is 18.2. The number of alkyl carbamates (subject to hydrolysis) is 1. The molecule has 0 spiro atoms. The van der Waals surface area contributed by atoms with Gasteiger partial charge in [-0.15, -0.1) is 0 Å². The molecule has 2 fully saturated rings. The number of amides is 3. The third-order valence-corrected chi connectivity index (χ3v) is 9.96. The van der Waals surface area contributed by atoms with E-state index in [-0.39, 0.29) is 26.6 Å². The van der Waals surface area contributed by atoms with Crippen molar-refractivity contribution < 1.29 is 47.7 Å². The Labute approximate surface area is 348 Å². The van der Waals surface area contributed by atoms with Gasteiger partial charge in [-0.1, -0.05) is 79.0 Å². The monoisotopic (exact) mass is 854 g/mol. The number of alkyl halides is 3. The van der Waals surface area contributed by atoms with E-state index in [4.69, 9.17) is 63.5 Å². The number of fused-ring (bicyclic) bond motifs is 1. The van der Waals surface area contributed by atoms with Gasteiger partial charge in [0.2, 0.25) is 9.70 Å². The minimum Gasteiger partial charge on any atom is -0.461 e. The largest absolute Gasteiger partial charge is 0.461 e. The molecule has 0 radical (unpaired) electrons. The number of carbonyl (C=O) groups excluding carboxylic acids is 5. The van der Waals surface area contributed by atoms with Gasteiger partial charge in [-0.2, -0.15) is 0 Å². The van der Waals surface area contributed by atoms with E-state index >= 15 is 0 Å². The summed E-state index contributed by atoms with van der Waals surface area (Å²) >= 11 is 17.1. The number of hydrogen-bond donors (Lipinski definition) is 2. The molecule has 0 bridgehead atoms. The second-order valence-electron chi connectivity index (χ2n) is 15.6. The molecule has 5 atom stereocenters. The molecule has 0 aliphatic carbocycles. The van der Waals surface area contributed by atoms with Crippen molar-refractivity contribution in [2.45, 2.75) is 95.3 Å². The number of carbonyl (C=O) groups is 5. The first-order valence-corrected chi connectivity index (χ1v) is 20.1. The van der Waals surface area contributed by atoms with Crippen molar-refractivity contribution in [3.8, 4) is 0 Å². The first kappa shape index (κ1) is 46.0. The van der Waals surface area contributed by atoms with Crippen LogP contribution in [0, 0.1) is 17.3 Å². The highest BCUT2D eigenvalue weighted by molar-refractivity contribution is 6.67. The van der Waals surface area contributed by atoms with Gasteiger partial charge in [0.15, 0.2) is 6.10 Å². The lowest BCUT2D eigenvalue weighted by Gasteiger charge is -2.35. The van der Waals surface area contributed by atoms with E-state index in [9.17, 15) is 24.0 Å². The summed E-state index contributed by atoms with van der Waals surface area (Å²) in [6, 6.07) is 7.94. The molecule has 2 aromatic rings. The van der Waals surface area contributed by atoms with E-state index in [1.807, 2.05) is 44.2 Å². The minimum absolute atomic E-state index is 0.0159. The first-order chi connectivity index (χ1) is 26.7. The van der Waals surface area contributed by atoms with Gasteiger partial charge in [0.1, 0.15) is 30.5 Å². The number of ether oxygens (including phenoxy) is 5. The zero-order valence-electron chi connectivity index (χ0n) is 33.4. The van der Waals surface area contributed by atoms with Crippen molar-refractivity contribution in [2.75, 3.05) is 39.7 Å². The van der Waals surface area contributed by atoms with E-state index in [2.05, 4.69) is 10.6 Å². The number of benzene rings is 1. The molecule has 14 nitrogen and oxygen atoms in total. The number of esters is 2. The van der Waals surface area contributed by atoms with Crippen molar-refractivity contribution in [1.29, 1.82) is 0 Å². The van der Waals surface area contributed by atoms with Crippen molar-refractivity contribution in [2.24, 2.45) is 17.3 Å². The van der Waals surface area contributed by atoms with Crippen LogP contribution >= 0.6 is 34.8 Å². The zero-order valence-corrected chi connectivity index (χ0v) is 35.7. The van der Waals surface area contributed by atoms with Gasteiger partial charge in [0.05, 0.1) is 36.4 Å². The summed E-state index contributed by atoms with van der Waals surface area (Å²) in [7, 11) is 0. The molecule has 57 heavy (non-hydrogen) atoms. The van der Waals surface area contributed by atoms with Gasteiger partial charge in [0.25, 0.3) is 5.91 Å². The molecule has 3 heterocycles. The van der Waals surface area contributed by atoms with Crippen LogP contribution in [-0.2, 0) is 42.9 Å². The number of aromatic nitrogens is 1. The molecule has 314 valence electrons. The van der Waals surface area contributed by atoms with Crippen LogP contribution in [0.25, 0.3) is 17.0 Å². The van der Waals surface area contributed by atoms with Gasteiger partial charge < -0.3 is 39.2 Å². The van der Waals surface area contributed by atoms with Gasteiger partial charge in [0, 0.05) is 24.4 Å². The SMILES string of the molecule is CC[C@H](C)[C@H](OC(=O)C1(/C=C/c2ccc3ccc([C@@H](C)NC(=O)OC(C)(C)C)nc3c2)COCOC1)C(=O)N[C@@H](C)C(=O)N1CCC[C@@H](C(=O)OCC(Cl)(Cl)Cl)C1. The van der Waals surface area contributed by atoms with Crippen LogP contribution in [-0.4, -0.2) is 101 Å². The molecule has 3 amide bonds. The number of halogens is 3. The van der Waals surface area contributed by atoms with E-state index < -0.39 is 81.3 Å². The number of piperidine rings is 1. The predicted molar refractivity (Wildman–Crippen MR) is 215 cm³/mol. The van der Waals surface area contributed by atoms with Gasteiger partial charge >= 0.3 is 18.0 Å². The highest BCUT2D eigenvalue weighted by Crippen LogP contribution is 2.31. The van der Waals surface area contributed by atoms with Crippen molar-refractivity contribution in [1.82, 2.24) is 20.5 Å². The van der Waals surface area contributed by atoms with Crippen LogP contribution in [0.5, 0.6) is 0 Å². The van der Waals surface area contributed by atoms with Gasteiger partial charge in [-0.05, 0) is 71.6 Å². The molecule has 0 saturated carbocycles. The molecule has 0 unspecified atom stereocenters. The summed E-state index contributed by atoms with van der Waals surface area (Å²) in [4.78, 5) is 72.4. The standard InChI is InChI=1S/C40H53Cl3N4O10/c1-8-24(2)32(33(48)44-26(4)34(49)47-17-9-10-29(19-47)35(50)55-22-40(41,42)43)56-36(51)39(20-53-23-54-21-39)16-15-27-11-12-28-13-14-30(46-31(28)18-27)25(3)45-37(52)57-38(5,6)7/h11-16,18,24-26,29,32H,8-10,17,19-23H2,1-7H3,(H,44,48)(H,45,52)/b16-15+/t24-,25+,26-,29+,32-/m0/s1. The lowest BCUT2D eigenvalue weighted by atomic mass is 9.88. The highest BCUT2D eigenvalue weighted by atomic mass is 35.6. The Morgan fingerprint density at radius 3 is 2.37 bits per heavy atom. The molecule has 1 aromatic carbocycles. The van der Waals surface area contributed by atoms with Crippen LogP contribution in [0.1, 0.15) is 85.0 Å². The molecular weight excluding hydrogens is 803 g/mol. The Bertz CT molecular complexity index is 1790. The molecule has 4 rings (SSSR count). The van der Waals surface area contributed by atoms with E-state index in [0.717, 1.165) is 10.9 Å². The summed E-state index contributed by atoms with van der Waals surface area (Å²) in [5.41, 5.74) is -0.0177. The third kappa shape index (κ3) is 13.4. The summed E-state index contributed by atoms with van der Waals surface area (Å²) < 4.78 is 25.9. The Balaban J connectivity index is 1.46. The fourth-order valence-electron chi connectivity index (χ4n) is 6.29. The molecule has 2 aliphatic heterocycles. The topological polar surface area (TPSA) is 172 Å². The fourth-order valence-corrected chi connectivity index (χ4v) is 6.45. The smallest absolute Gasteiger partial charge is 0.408 e. The number of hydrogen-bond acceptors (Lipinski definition) is 11. The number of likely N-dealkylation sites (tertiary alicyclic amines) is 1. The maximum atomic E-state index is 14.1. The number of rotatable bonds is 13. The average Bonchev–Trinajstić information content (AvgIpc) is 3.16. The molecule has 1 aromatic heterocycles. The molecule has 17 heteroatoms. The second kappa shape index (κ2) is 19.8. The maximum absolute atomic E-state index is 14.1. The van der Waals surface area contributed by atoms with Crippen LogP contribution < -0.4 is 10.6 Å². The summed E-state index contributed by atoms with van der Waals surface area (Å²) in [6.07, 6.45) is 3.12. The average molecular weight is 856 g/mol. The fraction of sp³-hybridized carbons (Fsp3) is 0.600. The Hall–Kier alpha value is -3.69. The lowest BCUT2D eigenvalue weighted by molar-refractivity contribution is -0.192. The van der Waals surface area contributed by atoms with Crippen molar-refractivity contribution in [3.05, 3.63) is 47.7 Å². The predicted octanol–water partition coefficient (Wildman–Crippen LogP) is 6.44. The first-order valence-electron chi connectivity index (χ1n) is 19.0. The third-order valence-electron chi connectivity index (χ3n) is 9.63. The van der Waals surface area contributed by atoms with Crippen LogP contribution in [0.3, 0.4) is 0 Å². The summed E-state index contributed by atoms with van der Waals surface area (Å²) in [6.45, 7) is 12.3. The number of nitrogens with one attached hydrogen (secondary N) is 2. The van der Waals surface area contributed by atoms with E-state index in [1.54, 1.807) is 39.8 Å². The molecule has 2 aliphatic rings. The zero-order chi connectivity index (χ0) is 42.1. The normalized spacial score (nSPS) is 19.5. The van der Waals surface area contributed by atoms with Crippen LogP contribution in [0.4, 0.5) is 4.79 Å². The van der Waals surface area contributed by atoms with Crippen molar-refractivity contribution in [3.63, 3.8) is 0 Å². The van der Waals surface area contributed by atoms with E-state index in [1.165, 1.54) is 11.8 Å². The van der Waals surface area contributed by atoms with Gasteiger partial charge in [-0.3, -0.25) is 24.2 Å². The van der Waals surface area contributed by atoms with E-state index in [0.29, 0.717) is 37.0 Å². The number of pyridine rings is 1. The summed E-state index contributed by atoms with van der Waals surface area (Å²) in [5, 5.41) is 6.39. The quantitative estimate of drug-likeness (QED) is 0.129. The molecule has 2 saturated heterocycles. The summed E-state index contributed by atoms with van der Waals surface area (Å²) in [5.74, 6) is -3.38. The van der Waals surface area contributed by atoms with Crippen LogP contribution in [0.2, 0.25) is 0 Å². The minimum atomic E-state index is -1.76. The Kier molecular flexibility index (Phi) is 16.0. The number of nitrogens with zero attached hydrogens (tertiary/aromatic N) is 2. The Morgan fingerprint density at radius 2 is 1.72 bits per heavy atom. The highest BCUT2D eigenvalue weighted by Gasteiger charge is 2.44. The molecular formula is C40H53Cl3N4O10. The van der Waals surface area contributed by atoms with Crippen LogP contribution in [0.15, 0.2) is 36.4 Å². The molecule has 2 N–H and O–H groups in total. The Morgan fingerprint density at radius 1 is 1.04 bits per heavy atom. The van der Waals surface area contributed by atoms with Crippen molar-refractivity contribution >= 4 is 81.6 Å². The lowest BCUT2D eigenvalue weighted by Crippen LogP contribution is -2.54. The van der Waals surface area contributed by atoms with Gasteiger partial charge in [-0.25, -0.2) is 4.79 Å². The maximum Gasteiger partial charge on any atom is 0.408 e.